The number of hydrogen-bond donors (Lipinski definition) is 0. The second-order valence-electron chi connectivity index (χ2n) is 4.75. The van der Waals surface area contributed by atoms with Crippen molar-refractivity contribution in [2.75, 3.05) is 13.1 Å². The summed E-state index contributed by atoms with van der Waals surface area (Å²) in [5, 5.41) is 0. The van der Waals surface area contributed by atoms with E-state index >= 15 is 0 Å². The number of rotatable bonds is 7. The van der Waals surface area contributed by atoms with Crippen molar-refractivity contribution in [3.8, 4) is 0 Å². The van der Waals surface area contributed by atoms with E-state index in [4.69, 9.17) is 0 Å². The smallest absolute Gasteiger partial charge is 0.183 e. The van der Waals surface area contributed by atoms with Gasteiger partial charge in [0.1, 0.15) is 5.82 Å². The lowest BCUT2D eigenvalue weighted by Crippen LogP contribution is -2.53. The average molecular weight is 265 g/mol. The van der Waals surface area contributed by atoms with Crippen molar-refractivity contribution in [1.82, 2.24) is 4.90 Å². The highest BCUT2D eigenvalue weighted by Crippen LogP contribution is 2.28. The molecule has 0 saturated heterocycles. The molecule has 0 atom stereocenters. The second-order valence-corrected chi connectivity index (χ2v) is 4.75. The van der Waals surface area contributed by atoms with Gasteiger partial charge in [0, 0.05) is 5.56 Å². The lowest BCUT2D eigenvalue weighted by molar-refractivity contribution is 0.0534. The Morgan fingerprint density at radius 1 is 1.16 bits per heavy atom. The van der Waals surface area contributed by atoms with Crippen LogP contribution in [-0.2, 0) is 0 Å². The molecule has 106 valence electrons. The standard InChI is InChI=1S/C16H24FNO/c1-5-16(6-2,18(7-3)8-4)15(19)13-10-9-11-14(17)12-13/h9-12H,5-8H2,1-4H3. The van der Waals surface area contributed by atoms with Gasteiger partial charge >= 0.3 is 0 Å². The number of carbonyl (C=O) groups is 1. The monoisotopic (exact) mass is 265 g/mol. The summed E-state index contributed by atoms with van der Waals surface area (Å²) >= 11 is 0. The van der Waals surface area contributed by atoms with E-state index in [1.807, 2.05) is 13.8 Å². The molecule has 0 radical (unpaired) electrons. The maximum Gasteiger partial charge on any atom is 0.183 e. The fraction of sp³-hybridized carbons (Fsp3) is 0.562. The molecule has 2 nitrogen and oxygen atoms in total. The van der Waals surface area contributed by atoms with Gasteiger partial charge in [-0.15, -0.1) is 0 Å². The summed E-state index contributed by atoms with van der Waals surface area (Å²) in [5.41, 5.74) is -0.0484. The first-order valence-corrected chi connectivity index (χ1v) is 7.11. The Morgan fingerprint density at radius 3 is 2.16 bits per heavy atom. The van der Waals surface area contributed by atoms with E-state index in [1.54, 1.807) is 12.1 Å². The minimum absolute atomic E-state index is 0.0284. The van der Waals surface area contributed by atoms with E-state index in [2.05, 4.69) is 18.7 Å². The van der Waals surface area contributed by atoms with E-state index in [0.717, 1.165) is 25.9 Å². The average Bonchev–Trinajstić information content (AvgIpc) is 2.44. The Labute approximate surface area is 115 Å². The van der Waals surface area contributed by atoms with E-state index in [0.29, 0.717) is 5.56 Å². The van der Waals surface area contributed by atoms with Crippen molar-refractivity contribution in [3.05, 3.63) is 35.6 Å². The zero-order valence-corrected chi connectivity index (χ0v) is 12.4. The first-order valence-electron chi connectivity index (χ1n) is 7.11. The van der Waals surface area contributed by atoms with Gasteiger partial charge in [0.2, 0.25) is 0 Å². The minimum Gasteiger partial charge on any atom is -0.292 e. The highest BCUT2D eigenvalue weighted by atomic mass is 19.1. The third-order valence-electron chi connectivity index (χ3n) is 4.05. The van der Waals surface area contributed by atoms with Gasteiger partial charge < -0.3 is 0 Å². The van der Waals surface area contributed by atoms with E-state index in [1.165, 1.54) is 12.1 Å². The number of likely N-dealkylation sites (N-methyl/N-ethyl adjacent to an activating group) is 1. The van der Waals surface area contributed by atoms with Gasteiger partial charge in [0.25, 0.3) is 0 Å². The lowest BCUT2D eigenvalue weighted by Gasteiger charge is -2.41. The van der Waals surface area contributed by atoms with Crippen LogP contribution in [0.2, 0.25) is 0 Å². The molecule has 0 aliphatic rings. The molecule has 0 amide bonds. The Morgan fingerprint density at radius 2 is 1.74 bits per heavy atom. The van der Waals surface area contributed by atoms with Gasteiger partial charge in [-0.25, -0.2) is 4.39 Å². The van der Waals surface area contributed by atoms with Gasteiger partial charge in [0.05, 0.1) is 5.54 Å². The molecular weight excluding hydrogens is 241 g/mol. The van der Waals surface area contributed by atoms with Gasteiger partial charge in [-0.1, -0.05) is 39.8 Å². The maximum absolute atomic E-state index is 13.3. The fourth-order valence-corrected chi connectivity index (χ4v) is 2.89. The van der Waals surface area contributed by atoms with Crippen LogP contribution < -0.4 is 0 Å². The van der Waals surface area contributed by atoms with Crippen LogP contribution in [-0.4, -0.2) is 29.3 Å². The molecule has 1 aromatic rings. The minimum atomic E-state index is -0.517. The normalized spacial score (nSPS) is 11.9. The van der Waals surface area contributed by atoms with Crippen molar-refractivity contribution in [3.63, 3.8) is 0 Å². The first-order chi connectivity index (χ1) is 9.05. The van der Waals surface area contributed by atoms with Gasteiger partial charge in [-0.3, -0.25) is 9.69 Å². The summed E-state index contributed by atoms with van der Waals surface area (Å²) < 4.78 is 13.3. The molecule has 0 fully saturated rings. The van der Waals surface area contributed by atoms with Crippen LogP contribution in [0.3, 0.4) is 0 Å². The summed E-state index contributed by atoms with van der Waals surface area (Å²) in [6.45, 7) is 9.81. The zero-order chi connectivity index (χ0) is 14.5. The van der Waals surface area contributed by atoms with Crippen LogP contribution in [0.15, 0.2) is 24.3 Å². The van der Waals surface area contributed by atoms with E-state index in [9.17, 15) is 9.18 Å². The molecule has 3 heteroatoms. The van der Waals surface area contributed by atoms with Crippen LogP contribution >= 0.6 is 0 Å². The maximum atomic E-state index is 13.3. The largest absolute Gasteiger partial charge is 0.292 e. The molecule has 0 N–H and O–H groups in total. The van der Waals surface area contributed by atoms with Crippen LogP contribution in [0.5, 0.6) is 0 Å². The molecule has 0 unspecified atom stereocenters. The third-order valence-corrected chi connectivity index (χ3v) is 4.05. The molecule has 1 aromatic carbocycles. The van der Waals surface area contributed by atoms with Crippen molar-refractivity contribution in [2.45, 2.75) is 46.1 Å². The Hall–Kier alpha value is -1.22. The summed E-state index contributed by atoms with van der Waals surface area (Å²) in [7, 11) is 0. The van der Waals surface area contributed by atoms with E-state index in [-0.39, 0.29) is 11.6 Å². The molecular formula is C16H24FNO. The molecule has 0 saturated carbocycles. The quantitative estimate of drug-likeness (QED) is 0.697. The lowest BCUT2D eigenvalue weighted by atomic mass is 9.82. The number of carbonyl (C=O) groups excluding carboxylic acids is 1. The van der Waals surface area contributed by atoms with E-state index < -0.39 is 5.54 Å². The number of benzene rings is 1. The number of Topliss-reactive ketones (excluding diaryl/α,β-unsaturated/α-hetero) is 1. The SMILES string of the molecule is CCN(CC)C(CC)(CC)C(=O)c1cccc(F)c1. The number of nitrogens with zero attached hydrogens (tertiary/aromatic N) is 1. The fourth-order valence-electron chi connectivity index (χ4n) is 2.89. The highest BCUT2D eigenvalue weighted by molar-refractivity contribution is 6.03. The Kier molecular flexibility index (Phi) is 5.67. The highest BCUT2D eigenvalue weighted by Gasteiger charge is 2.39. The van der Waals surface area contributed by atoms with Gasteiger partial charge in [-0.05, 0) is 38.1 Å². The molecule has 0 aliphatic heterocycles. The van der Waals surface area contributed by atoms with Gasteiger partial charge in [-0.2, -0.15) is 0 Å². The summed E-state index contributed by atoms with van der Waals surface area (Å²) in [5.74, 6) is -0.327. The van der Waals surface area contributed by atoms with Crippen LogP contribution in [0, 0.1) is 5.82 Å². The van der Waals surface area contributed by atoms with Crippen molar-refractivity contribution >= 4 is 5.78 Å². The number of hydrogen-bond acceptors (Lipinski definition) is 2. The van der Waals surface area contributed by atoms with Crippen LogP contribution in [0.1, 0.15) is 50.9 Å². The molecule has 0 aliphatic carbocycles. The zero-order valence-electron chi connectivity index (χ0n) is 12.4. The molecule has 19 heavy (non-hydrogen) atoms. The number of halogens is 1. The number of ketones is 1. The Balaban J connectivity index is 3.22. The van der Waals surface area contributed by atoms with Crippen LogP contribution in [0.25, 0.3) is 0 Å². The van der Waals surface area contributed by atoms with Crippen molar-refractivity contribution < 1.29 is 9.18 Å². The Bertz CT molecular complexity index is 423. The summed E-state index contributed by atoms with van der Waals surface area (Å²) in [4.78, 5) is 15.0. The molecule has 0 heterocycles. The molecule has 0 spiro atoms. The predicted octanol–water partition coefficient (Wildman–Crippen LogP) is 3.91. The first kappa shape index (κ1) is 15.8. The van der Waals surface area contributed by atoms with Gasteiger partial charge in [0.15, 0.2) is 5.78 Å². The van der Waals surface area contributed by atoms with Crippen molar-refractivity contribution in [1.29, 1.82) is 0 Å². The van der Waals surface area contributed by atoms with Crippen LogP contribution in [0.4, 0.5) is 4.39 Å². The second kappa shape index (κ2) is 6.80. The predicted molar refractivity (Wildman–Crippen MR) is 77.0 cm³/mol. The summed E-state index contributed by atoms with van der Waals surface area (Å²) in [6, 6.07) is 6.01. The summed E-state index contributed by atoms with van der Waals surface area (Å²) in [6.07, 6.45) is 1.47. The van der Waals surface area contributed by atoms with Crippen molar-refractivity contribution in [2.24, 2.45) is 0 Å². The molecule has 0 bridgehead atoms. The third kappa shape index (κ3) is 3.03. The molecule has 0 aromatic heterocycles. The topological polar surface area (TPSA) is 20.3 Å². The molecule has 1 rings (SSSR count).